The Bertz CT molecular complexity index is 433. The second kappa shape index (κ2) is 6.51. The average Bonchev–Trinajstić information content (AvgIpc) is 2.48. The van der Waals surface area contributed by atoms with Crippen LogP contribution in [0.2, 0.25) is 0 Å². The summed E-state index contributed by atoms with van der Waals surface area (Å²) in [5, 5.41) is 20.9. The van der Waals surface area contributed by atoms with Crippen molar-refractivity contribution < 1.29 is 15.1 Å². The van der Waals surface area contributed by atoms with E-state index in [0.717, 1.165) is 18.7 Å². The lowest BCUT2D eigenvalue weighted by Crippen LogP contribution is -2.46. The first-order chi connectivity index (χ1) is 9.24. The molecular weight excluding hydrogens is 246 g/mol. The summed E-state index contributed by atoms with van der Waals surface area (Å²) in [6, 6.07) is 7.57. The number of aliphatic hydroxyl groups excluding tert-OH is 1. The second-order valence-corrected chi connectivity index (χ2v) is 4.56. The Labute approximate surface area is 112 Å². The van der Waals surface area contributed by atoms with Crippen molar-refractivity contribution in [1.29, 1.82) is 0 Å². The van der Waals surface area contributed by atoms with Gasteiger partial charge in [-0.1, -0.05) is 29.4 Å². The van der Waals surface area contributed by atoms with Crippen LogP contribution in [0.25, 0.3) is 0 Å². The number of nitrogens with zero attached hydrogens (tertiary/aromatic N) is 2. The highest BCUT2D eigenvalue weighted by Crippen LogP contribution is 2.13. The van der Waals surface area contributed by atoms with Crippen LogP contribution >= 0.6 is 0 Å². The van der Waals surface area contributed by atoms with Crippen LogP contribution in [0.5, 0.6) is 0 Å². The third-order valence-electron chi connectivity index (χ3n) is 3.30. The predicted octanol–water partition coefficient (Wildman–Crippen LogP) is -0.0258. The number of hydrogen-bond acceptors (Lipinski definition) is 5. The molecule has 1 saturated heterocycles. The summed E-state index contributed by atoms with van der Waals surface area (Å²) in [4.78, 5) is 2.20. The Morgan fingerprint density at radius 1 is 1.42 bits per heavy atom. The lowest BCUT2D eigenvalue weighted by Gasteiger charge is -2.34. The molecule has 0 radical (unpaired) electrons. The highest BCUT2D eigenvalue weighted by Gasteiger charge is 2.22. The van der Waals surface area contributed by atoms with Crippen molar-refractivity contribution in [3.8, 4) is 0 Å². The summed E-state index contributed by atoms with van der Waals surface area (Å²) in [5.74, 6) is 0.103. The number of benzene rings is 1. The zero-order chi connectivity index (χ0) is 13.7. The number of ether oxygens (including phenoxy) is 1. The van der Waals surface area contributed by atoms with Crippen LogP contribution in [0.3, 0.4) is 0 Å². The topological polar surface area (TPSA) is 91.3 Å². The summed E-state index contributed by atoms with van der Waals surface area (Å²) in [6.07, 6.45) is 0. The highest BCUT2D eigenvalue weighted by molar-refractivity contribution is 5.96. The first kappa shape index (κ1) is 13.8. The number of rotatable bonds is 4. The molecule has 1 aromatic rings. The van der Waals surface area contributed by atoms with E-state index in [9.17, 15) is 5.11 Å². The van der Waals surface area contributed by atoms with E-state index in [0.29, 0.717) is 18.8 Å². The van der Waals surface area contributed by atoms with Crippen molar-refractivity contribution in [1.82, 2.24) is 4.90 Å². The maximum atomic E-state index is 9.31. The van der Waals surface area contributed by atoms with Crippen molar-refractivity contribution in [2.45, 2.75) is 12.6 Å². The molecule has 1 aromatic carbocycles. The molecule has 19 heavy (non-hydrogen) atoms. The zero-order valence-electron chi connectivity index (χ0n) is 10.7. The Morgan fingerprint density at radius 3 is 2.79 bits per heavy atom. The van der Waals surface area contributed by atoms with Crippen molar-refractivity contribution in [3.63, 3.8) is 0 Å². The van der Waals surface area contributed by atoms with E-state index in [4.69, 9.17) is 15.7 Å². The molecule has 104 valence electrons. The van der Waals surface area contributed by atoms with Crippen LogP contribution in [0, 0.1) is 0 Å². The number of aliphatic hydroxyl groups is 1. The molecule has 1 aliphatic heterocycles. The minimum absolute atomic E-state index is 0.0532. The molecule has 0 aromatic heterocycles. The predicted molar refractivity (Wildman–Crippen MR) is 71.1 cm³/mol. The van der Waals surface area contributed by atoms with Crippen LogP contribution in [0.1, 0.15) is 11.1 Å². The van der Waals surface area contributed by atoms with Gasteiger partial charge in [0.05, 0.1) is 25.9 Å². The molecule has 6 nitrogen and oxygen atoms in total. The summed E-state index contributed by atoms with van der Waals surface area (Å²) in [6.45, 7) is 2.93. The largest absolute Gasteiger partial charge is 0.409 e. The summed E-state index contributed by atoms with van der Waals surface area (Å²) in [7, 11) is 0. The van der Waals surface area contributed by atoms with Gasteiger partial charge in [-0.2, -0.15) is 0 Å². The van der Waals surface area contributed by atoms with Gasteiger partial charge in [0.25, 0.3) is 0 Å². The second-order valence-electron chi connectivity index (χ2n) is 4.56. The molecule has 0 saturated carbocycles. The molecule has 6 heteroatoms. The molecule has 0 amide bonds. The zero-order valence-corrected chi connectivity index (χ0v) is 10.7. The van der Waals surface area contributed by atoms with E-state index in [2.05, 4.69) is 10.1 Å². The lowest BCUT2D eigenvalue weighted by molar-refractivity contribution is -0.0312. The molecule has 0 bridgehead atoms. The molecule has 1 heterocycles. The minimum Gasteiger partial charge on any atom is -0.409 e. The summed E-state index contributed by atoms with van der Waals surface area (Å²) >= 11 is 0. The van der Waals surface area contributed by atoms with Crippen molar-refractivity contribution in [2.75, 3.05) is 26.4 Å². The van der Waals surface area contributed by atoms with Gasteiger partial charge in [0.2, 0.25) is 0 Å². The van der Waals surface area contributed by atoms with E-state index in [1.807, 2.05) is 24.3 Å². The summed E-state index contributed by atoms with van der Waals surface area (Å²) in [5.41, 5.74) is 7.32. The number of nitrogens with two attached hydrogens (primary N) is 1. The van der Waals surface area contributed by atoms with E-state index in [1.165, 1.54) is 0 Å². The maximum absolute atomic E-state index is 9.31. The standard InChI is InChI=1S/C13H19N3O3/c14-13(15-18)11-3-1-10(2-4-11)7-16-5-6-19-9-12(16)8-17/h1-4,12,17-18H,5-9H2,(H2,14,15). The first-order valence-corrected chi connectivity index (χ1v) is 6.24. The third-order valence-corrected chi connectivity index (χ3v) is 3.30. The minimum atomic E-state index is 0.0532. The fourth-order valence-corrected chi connectivity index (χ4v) is 2.14. The molecular formula is C13H19N3O3. The normalized spacial score (nSPS) is 21.5. The van der Waals surface area contributed by atoms with Gasteiger partial charge in [-0.3, -0.25) is 4.90 Å². The van der Waals surface area contributed by atoms with Crippen molar-refractivity contribution in [3.05, 3.63) is 35.4 Å². The van der Waals surface area contributed by atoms with Crippen molar-refractivity contribution in [2.24, 2.45) is 10.9 Å². The van der Waals surface area contributed by atoms with Gasteiger partial charge in [0.1, 0.15) is 0 Å². The van der Waals surface area contributed by atoms with Crippen LogP contribution in [0.15, 0.2) is 29.4 Å². The fourth-order valence-electron chi connectivity index (χ4n) is 2.14. The molecule has 2 rings (SSSR count). The van der Waals surface area contributed by atoms with Gasteiger partial charge >= 0.3 is 0 Å². The Morgan fingerprint density at radius 2 is 2.16 bits per heavy atom. The molecule has 0 spiro atoms. The van der Waals surface area contributed by atoms with E-state index >= 15 is 0 Å². The lowest BCUT2D eigenvalue weighted by atomic mass is 10.1. The Kier molecular flexibility index (Phi) is 4.73. The summed E-state index contributed by atoms with van der Waals surface area (Å²) < 4.78 is 5.34. The van der Waals surface area contributed by atoms with E-state index in [1.54, 1.807) is 0 Å². The third kappa shape index (κ3) is 3.44. The number of morpholine rings is 1. The van der Waals surface area contributed by atoms with E-state index < -0.39 is 0 Å². The highest BCUT2D eigenvalue weighted by atomic mass is 16.5. The quantitative estimate of drug-likeness (QED) is 0.308. The first-order valence-electron chi connectivity index (χ1n) is 6.24. The van der Waals surface area contributed by atoms with Crippen LogP contribution in [0.4, 0.5) is 0 Å². The number of hydrogen-bond donors (Lipinski definition) is 3. The molecule has 1 aliphatic rings. The number of oxime groups is 1. The van der Waals surface area contributed by atoms with Gasteiger partial charge in [-0.15, -0.1) is 0 Å². The smallest absolute Gasteiger partial charge is 0.170 e. The van der Waals surface area contributed by atoms with Gasteiger partial charge in [-0.25, -0.2) is 0 Å². The SMILES string of the molecule is N/C(=N/O)c1ccc(CN2CCOCC2CO)cc1. The molecule has 1 fully saturated rings. The van der Waals surface area contributed by atoms with Gasteiger partial charge in [0, 0.05) is 18.7 Å². The van der Waals surface area contributed by atoms with Gasteiger partial charge in [-0.05, 0) is 5.56 Å². The molecule has 4 N–H and O–H groups in total. The Hall–Kier alpha value is -1.63. The number of amidine groups is 1. The molecule has 0 aliphatic carbocycles. The van der Waals surface area contributed by atoms with Crippen LogP contribution in [-0.4, -0.2) is 53.5 Å². The fraction of sp³-hybridized carbons (Fsp3) is 0.462. The van der Waals surface area contributed by atoms with Crippen LogP contribution < -0.4 is 5.73 Å². The maximum Gasteiger partial charge on any atom is 0.170 e. The van der Waals surface area contributed by atoms with E-state index in [-0.39, 0.29) is 18.5 Å². The Balaban J connectivity index is 2.02. The van der Waals surface area contributed by atoms with Crippen LogP contribution in [-0.2, 0) is 11.3 Å². The molecule has 1 unspecified atom stereocenters. The average molecular weight is 265 g/mol. The van der Waals surface area contributed by atoms with Gasteiger partial charge in [0.15, 0.2) is 5.84 Å². The monoisotopic (exact) mass is 265 g/mol. The molecule has 1 atom stereocenters. The van der Waals surface area contributed by atoms with Crippen molar-refractivity contribution >= 4 is 5.84 Å². The van der Waals surface area contributed by atoms with Gasteiger partial charge < -0.3 is 20.8 Å².